The Bertz CT molecular complexity index is 545. The summed E-state index contributed by atoms with van der Waals surface area (Å²) in [7, 11) is 0. The maximum absolute atomic E-state index is 11.7. The minimum absolute atomic E-state index is 0.0206. The Kier molecular flexibility index (Phi) is 4.04. The molecule has 0 fully saturated rings. The molecule has 8 nitrogen and oxygen atoms in total. The summed E-state index contributed by atoms with van der Waals surface area (Å²) in [6.07, 6.45) is -0.966. The van der Waals surface area contributed by atoms with Crippen LogP contribution in [0.25, 0.3) is 0 Å². The second-order valence-corrected chi connectivity index (χ2v) is 3.88. The van der Waals surface area contributed by atoms with Crippen LogP contribution >= 0.6 is 0 Å². The summed E-state index contributed by atoms with van der Waals surface area (Å²) in [6.45, 7) is -0.642. The molecule has 0 saturated heterocycles. The Balaban J connectivity index is 1.86. The molecule has 2 rings (SSSR count). The highest BCUT2D eigenvalue weighted by Gasteiger charge is 2.29. The van der Waals surface area contributed by atoms with Crippen LogP contribution in [0, 0.1) is 0 Å². The number of para-hydroxylation sites is 2. The van der Waals surface area contributed by atoms with Crippen molar-refractivity contribution in [2.75, 3.05) is 13.2 Å². The first kappa shape index (κ1) is 13.7. The van der Waals surface area contributed by atoms with Crippen LogP contribution in [0.1, 0.15) is 0 Å². The molecule has 8 heteroatoms. The average molecular weight is 280 g/mol. The number of rotatable bonds is 3. The normalized spacial score (nSPS) is 16.1. The van der Waals surface area contributed by atoms with E-state index in [1.54, 1.807) is 29.6 Å². The summed E-state index contributed by atoms with van der Waals surface area (Å²) in [5, 5.41) is 1.77. The molecule has 1 aromatic rings. The van der Waals surface area contributed by atoms with E-state index in [0.717, 1.165) is 0 Å². The van der Waals surface area contributed by atoms with Gasteiger partial charge in [-0.2, -0.15) is 0 Å². The molecule has 1 aliphatic rings. The summed E-state index contributed by atoms with van der Waals surface area (Å²) < 4.78 is 15.4. The number of hydrogen-bond acceptors (Lipinski definition) is 6. The van der Waals surface area contributed by atoms with Crippen molar-refractivity contribution in [2.24, 2.45) is 5.73 Å². The van der Waals surface area contributed by atoms with Gasteiger partial charge in [-0.3, -0.25) is 10.1 Å². The van der Waals surface area contributed by atoms with E-state index in [2.05, 4.69) is 0 Å². The van der Waals surface area contributed by atoms with E-state index in [9.17, 15) is 14.4 Å². The van der Waals surface area contributed by atoms with E-state index >= 15 is 0 Å². The lowest BCUT2D eigenvalue weighted by atomic mass is 10.2. The number of benzene rings is 1. The van der Waals surface area contributed by atoms with Crippen LogP contribution in [0.4, 0.5) is 4.79 Å². The van der Waals surface area contributed by atoms with Crippen molar-refractivity contribution in [3.63, 3.8) is 0 Å². The maximum atomic E-state index is 11.7. The van der Waals surface area contributed by atoms with Crippen LogP contribution in [0.3, 0.4) is 0 Å². The molecular formula is C12H12N2O6. The fraction of sp³-hybridized carbons (Fsp3) is 0.250. The van der Waals surface area contributed by atoms with Crippen molar-refractivity contribution < 1.29 is 28.6 Å². The van der Waals surface area contributed by atoms with E-state index in [1.807, 2.05) is 0 Å². The first-order valence-corrected chi connectivity index (χ1v) is 5.70. The number of hydrogen-bond donors (Lipinski definition) is 2. The Morgan fingerprint density at radius 2 is 2.00 bits per heavy atom. The summed E-state index contributed by atoms with van der Waals surface area (Å²) in [4.78, 5) is 33.2. The lowest BCUT2D eigenvalue weighted by molar-refractivity contribution is -0.157. The van der Waals surface area contributed by atoms with Crippen LogP contribution in [-0.2, 0) is 14.3 Å². The molecule has 3 N–H and O–H groups in total. The number of fused-ring (bicyclic) bond motifs is 1. The van der Waals surface area contributed by atoms with Crippen LogP contribution in [0.5, 0.6) is 11.5 Å². The number of urea groups is 1. The van der Waals surface area contributed by atoms with Crippen LogP contribution in [-0.4, -0.2) is 37.2 Å². The van der Waals surface area contributed by atoms with E-state index in [-0.39, 0.29) is 6.61 Å². The number of nitrogens with two attached hydrogens (primary N) is 1. The number of carbonyl (C=O) groups is 3. The first-order chi connectivity index (χ1) is 9.56. The van der Waals surface area contributed by atoms with Gasteiger partial charge >= 0.3 is 12.0 Å². The van der Waals surface area contributed by atoms with Crippen molar-refractivity contribution in [3.8, 4) is 11.5 Å². The Morgan fingerprint density at radius 3 is 2.70 bits per heavy atom. The number of esters is 1. The second-order valence-electron chi connectivity index (χ2n) is 3.88. The molecule has 0 bridgehead atoms. The average Bonchev–Trinajstić information content (AvgIpc) is 2.43. The Labute approximate surface area is 113 Å². The van der Waals surface area contributed by atoms with Crippen LogP contribution < -0.4 is 20.5 Å². The minimum atomic E-state index is -1.02. The number of primary amides is 1. The Morgan fingerprint density at radius 1 is 1.30 bits per heavy atom. The number of carbonyl (C=O) groups excluding carboxylic acids is 3. The molecule has 0 radical (unpaired) electrons. The molecule has 0 spiro atoms. The summed E-state index contributed by atoms with van der Waals surface area (Å²) in [6, 6.07) is 5.84. The number of amides is 3. The van der Waals surface area contributed by atoms with Crippen LogP contribution in [0.15, 0.2) is 24.3 Å². The van der Waals surface area contributed by atoms with E-state index in [4.69, 9.17) is 19.9 Å². The third kappa shape index (κ3) is 3.37. The molecule has 1 aromatic carbocycles. The van der Waals surface area contributed by atoms with Gasteiger partial charge in [-0.1, -0.05) is 12.1 Å². The van der Waals surface area contributed by atoms with Crippen molar-refractivity contribution in [3.05, 3.63) is 24.3 Å². The quantitative estimate of drug-likeness (QED) is 0.725. The molecule has 106 valence electrons. The van der Waals surface area contributed by atoms with E-state index in [0.29, 0.717) is 11.5 Å². The van der Waals surface area contributed by atoms with E-state index in [1.165, 1.54) is 0 Å². The molecule has 0 saturated carbocycles. The van der Waals surface area contributed by atoms with Gasteiger partial charge in [0.2, 0.25) is 6.10 Å². The van der Waals surface area contributed by atoms with Crippen molar-refractivity contribution in [1.29, 1.82) is 0 Å². The van der Waals surface area contributed by atoms with Gasteiger partial charge in [0.25, 0.3) is 5.91 Å². The largest absolute Gasteiger partial charge is 0.485 e. The molecule has 1 aliphatic heterocycles. The molecule has 1 heterocycles. The SMILES string of the molecule is NC(=O)NC(=O)COC(=O)C1COc2ccccc2O1. The lowest BCUT2D eigenvalue weighted by Crippen LogP contribution is -2.41. The van der Waals surface area contributed by atoms with Gasteiger partial charge < -0.3 is 19.9 Å². The molecule has 20 heavy (non-hydrogen) atoms. The Hall–Kier alpha value is -2.77. The topological polar surface area (TPSA) is 117 Å². The standard InChI is InChI=1S/C12H12N2O6/c13-12(17)14-10(15)6-19-11(16)9-5-18-7-3-1-2-4-8(7)20-9/h1-4,9H,5-6H2,(H3,13,14,15,17). The molecule has 1 unspecified atom stereocenters. The number of imide groups is 1. The van der Waals surface area contributed by atoms with Gasteiger partial charge in [0, 0.05) is 0 Å². The molecular weight excluding hydrogens is 268 g/mol. The van der Waals surface area contributed by atoms with Crippen LogP contribution in [0.2, 0.25) is 0 Å². The third-order valence-corrected chi connectivity index (χ3v) is 2.38. The summed E-state index contributed by atoms with van der Waals surface area (Å²) in [5.41, 5.74) is 4.74. The molecule has 0 aromatic heterocycles. The smallest absolute Gasteiger partial charge is 0.351 e. The zero-order chi connectivity index (χ0) is 14.5. The van der Waals surface area contributed by atoms with Gasteiger partial charge in [-0.25, -0.2) is 9.59 Å². The predicted molar refractivity (Wildman–Crippen MR) is 65.0 cm³/mol. The van der Waals surface area contributed by atoms with Crippen molar-refractivity contribution in [1.82, 2.24) is 5.32 Å². The summed E-state index contributed by atoms with van der Waals surface area (Å²) in [5.74, 6) is -0.632. The number of ether oxygens (including phenoxy) is 3. The van der Waals surface area contributed by atoms with Gasteiger partial charge in [-0.05, 0) is 12.1 Å². The highest BCUT2D eigenvalue weighted by atomic mass is 16.6. The van der Waals surface area contributed by atoms with E-state index < -0.39 is 30.6 Å². The molecule has 0 aliphatic carbocycles. The van der Waals surface area contributed by atoms with Gasteiger partial charge in [0.1, 0.15) is 6.61 Å². The third-order valence-electron chi connectivity index (χ3n) is 2.38. The van der Waals surface area contributed by atoms with Crippen molar-refractivity contribution >= 4 is 17.9 Å². The monoisotopic (exact) mass is 280 g/mol. The van der Waals surface area contributed by atoms with Gasteiger partial charge in [-0.15, -0.1) is 0 Å². The maximum Gasteiger partial charge on any atom is 0.351 e. The highest BCUT2D eigenvalue weighted by molar-refractivity contribution is 5.94. The fourth-order valence-corrected chi connectivity index (χ4v) is 1.54. The fourth-order valence-electron chi connectivity index (χ4n) is 1.54. The zero-order valence-corrected chi connectivity index (χ0v) is 10.3. The molecule has 3 amide bonds. The lowest BCUT2D eigenvalue weighted by Gasteiger charge is -2.24. The first-order valence-electron chi connectivity index (χ1n) is 5.70. The number of nitrogens with one attached hydrogen (secondary N) is 1. The minimum Gasteiger partial charge on any atom is -0.485 e. The predicted octanol–water partition coefficient (Wildman–Crippen LogP) is -0.435. The van der Waals surface area contributed by atoms with Gasteiger partial charge in [0.05, 0.1) is 0 Å². The molecule has 1 atom stereocenters. The van der Waals surface area contributed by atoms with Crippen molar-refractivity contribution in [2.45, 2.75) is 6.10 Å². The highest BCUT2D eigenvalue weighted by Crippen LogP contribution is 2.30. The zero-order valence-electron chi connectivity index (χ0n) is 10.3. The van der Waals surface area contributed by atoms with Gasteiger partial charge in [0.15, 0.2) is 18.1 Å². The second kappa shape index (κ2) is 5.91. The summed E-state index contributed by atoms with van der Waals surface area (Å²) >= 11 is 0.